The molecule has 0 rings (SSSR count). The average Bonchev–Trinajstić information content (AvgIpc) is 3.01. The van der Waals surface area contributed by atoms with E-state index in [1.165, 1.54) is 148 Å². The molecule has 1 amide bonds. The lowest BCUT2D eigenvalue weighted by molar-refractivity contribution is -0.122. The van der Waals surface area contributed by atoms with E-state index in [2.05, 4.69) is 31.3 Å². The van der Waals surface area contributed by atoms with Crippen LogP contribution in [0.4, 0.5) is 0 Å². The Labute approximate surface area is 286 Å². The first-order chi connectivity index (χ1) is 22.3. The number of carbonyl (C=O) groups is 1. The van der Waals surface area contributed by atoms with E-state index in [1.807, 2.05) is 0 Å². The molecule has 0 fully saturated rings. The van der Waals surface area contributed by atoms with Crippen molar-refractivity contribution in [3.05, 3.63) is 12.2 Å². The van der Waals surface area contributed by atoms with Gasteiger partial charge < -0.3 is 10.4 Å². The molecule has 6 nitrogen and oxygen atoms in total. The van der Waals surface area contributed by atoms with Crippen LogP contribution in [-0.4, -0.2) is 41.9 Å². The summed E-state index contributed by atoms with van der Waals surface area (Å²) in [5.41, 5.74) is 0. The van der Waals surface area contributed by atoms with Gasteiger partial charge in [-0.1, -0.05) is 180 Å². The lowest BCUT2D eigenvalue weighted by Gasteiger charge is -2.23. The fourth-order valence-corrected chi connectivity index (χ4v) is 6.97. The molecular weight excluding hydrogens is 594 g/mol. The van der Waals surface area contributed by atoms with Crippen LogP contribution >= 0.6 is 0 Å². The fraction of sp³-hybridized carbons (Fsp3) is 0.923. The third kappa shape index (κ3) is 34.4. The third-order valence-corrected chi connectivity index (χ3v) is 10.0. The lowest BCUT2D eigenvalue weighted by Crippen LogP contribution is -2.47. The van der Waals surface area contributed by atoms with E-state index in [9.17, 15) is 22.9 Å². The van der Waals surface area contributed by atoms with Crippen LogP contribution in [0.2, 0.25) is 0 Å². The van der Waals surface area contributed by atoms with Crippen LogP contribution in [0.3, 0.4) is 0 Å². The molecule has 0 spiro atoms. The van der Waals surface area contributed by atoms with Gasteiger partial charge >= 0.3 is 0 Å². The molecule has 0 bridgehead atoms. The zero-order chi connectivity index (χ0) is 34.0. The fourth-order valence-electron chi connectivity index (χ4n) is 6.21. The molecule has 0 heterocycles. The van der Waals surface area contributed by atoms with Gasteiger partial charge in [0.2, 0.25) is 5.91 Å². The van der Waals surface area contributed by atoms with Crippen LogP contribution in [0.1, 0.15) is 213 Å². The van der Waals surface area contributed by atoms with E-state index in [0.717, 1.165) is 38.5 Å². The van der Waals surface area contributed by atoms with Crippen LogP contribution in [0, 0.1) is 0 Å². The summed E-state index contributed by atoms with van der Waals surface area (Å²) in [6.45, 7) is 4.51. The summed E-state index contributed by atoms with van der Waals surface area (Å²) in [7, 11) is -4.30. The maximum atomic E-state index is 12.5. The van der Waals surface area contributed by atoms with Gasteiger partial charge in [0.1, 0.15) is 0 Å². The van der Waals surface area contributed by atoms with Crippen LogP contribution in [-0.2, 0) is 14.9 Å². The molecule has 0 saturated carbocycles. The molecule has 0 aromatic rings. The number of aliphatic hydroxyl groups excluding tert-OH is 1. The molecular formula is C39H77NO5S. The van der Waals surface area contributed by atoms with E-state index < -0.39 is 28.0 Å². The molecule has 0 aliphatic rings. The largest absolute Gasteiger partial charge is 0.391 e. The standard InChI is InChI=1S/C39H77NO5S/c1-3-5-7-9-11-13-15-17-18-19-20-21-23-25-27-29-31-33-35-39(42)40-37(36-46(43,44)45)38(41)34-32-30-28-26-24-22-16-14-12-10-8-6-4-2/h18-19,37-38,41H,3-17,20-36H2,1-2H3,(H,40,42)(H,43,44,45)/b19-18-. The van der Waals surface area contributed by atoms with E-state index in [0.29, 0.717) is 12.8 Å². The Morgan fingerprint density at radius 2 is 0.913 bits per heavy atom. The Morgan fingerprint density at radius 1 is 0.565 bits per heavy atom. The molecule has 0 aliphatic heterocycles. The minimum absolute atomic E-state index is 0.249. The normalized spacial score (nSPS) is 13.4. The van der Waals surface area contributed by atoms with Crippen molar-refractivity contribution >= 4 is 16.0 Å². The van der Waals surface area contributed by atoms with Gasteiger partial charge in [-0.3, -0.25) is 9.35 Å². The zero-order valence-corrected chi connectivity index (χ0v) is 31.3. The highest BCUT2D eigenvalue weighted by atomic mass is 32.2. The summed E-state index contributed by atoms with van der Waals surface area (Å²) < 4.78 is 32.5. The Bertz CT molecular complexity index is 785. The molecule has 46 heavy (non-hydrogen) atoms. The van der Waals surface area contributed by atoms with Gasteiger partial charge in [-0.25, -0.2) is 0 Å². The molecule has 0 aliphatic carbocycles. The Balaban J connectivity index is 3.86. The first-order valence-corrected chi connectivity index (χ1v) is 21.5. The molecule has 0 aromatic heterocycles. The van der Waals surface area contributed by atoms with Crippen LogP contribution in [0.25, 0.3) is 0 Å². The van der Waals surface area contributed by atoms with Crippen LogP contribution < -0.4 is 5.32 Å². The molecule has 274 valence electrons. The van der Waals surface area contributed by atoms with E-state index >= 15 is 0 Å². The summed E-state index contributed by atoms with van der Waals surface area (Å²) in [6, 6.07) is -0.968. The first-order valence-electron chi connectivity index (χ1n) is 19.9. The minimum atomic E-state index is -4.30. The van der Waals surface area contributed by atoms with Crippen LogP contribution in [0.15, 0.2) is 12.2 Å². The molecule has 3 N–H and O–H groups in total. The first kappa shape index (κ1) is 45.1. The van der Waals surface area contributed by atoms with Crippen LogP contribution in [0.5, 0.6) is 0 Å². The van der Waals surface area contributed by atoms with Gasteiger partial charge in [0.05, 0.1) is 17.9 Å². The lowest BCUT2D eigenvalue weighted by atomic mass is 10.0. The topological polar surface area (TPSA) is 104 Å². The summed E-state index contributed by atoms with van der Waals surface area (Å²) in [5.74, 6) is -0.895. The molecule has 0 aromatic carbocycles. The van der Waals surface area contributed by atoms with Crippen molar-refractivity contribution in [3.8, 4) is 0 Å². The average molecular weight is 672 g/mol. The molecule has 0 radical (unpaired) electrons. The maximum Gasteiger partial charge on any atom is 0.266 e. The predicted molar refractivity (Wildman–Crippen MR) is 198 cm³/mol. The summed E-state index contributed by atoms with van der Waals surface area (Å²) in [6.07, 6.45) is 40.1. The number of aliphatic hydroxyl groups is 1. The van der Waals surface area contributed by atoms with Gasteiger partial charge in [0, 0.05) is 6.42 Å². The Hall–Kier alpha value is -0.920. The number of nitrogens with one attached hydrogen (secondary N) is 1. The van der Waals surface area contributed by atoms with Crippen molar-refractivity contribution in [2.75, 3.05) is 5.75 Å². The predicted octanol–water partition coefficient (Wildman–Crippen LogP) is 11.4. The second-order valence-electron chi connectivity index (χ2n) is 13.9. The maximum absolute atomic E-state index is 12.5. The molecule has 7 heteroatoms. The number of hydrogen-bond donors (Lipinski definition) is 3. The Morgan fingerprint density at radius 3 is 1.30 bits per heavy atom. The van der Waals surface area contributed by atoms with Crippen molar-refractivity contribution < 1.29 is 22.9 Å². The third-order valence-electron chi connectivity index (χ3n) is 9.22. The molecule has 2 atom stereocenters. The number of allylic oxidation sites excluding steroid dienone is 2. The van der Waals surface area contributed by atoms with Crippen molar-refractivity contribution in [1.29, 1.82) is 0 Å². The van der Waals surface area contributed by atoms with E-state index in [-0.39, 0.29) is 5.91 Å². The van der Waals surface area contributed by atoms with Crippen molar-refractivity contribution in [2.24, 2.45) is 0 Å². The van der Waals surface area contributed by atoms with Gasteiger partial charge in [-0.15, -0.1) is 0 Å². The highest BCUT2D eigenvalue weighted by molar-refractivity contribution is 7.85. The van der Waals surface area contributed by atoms with Gasteiger partial charge in [0.25, 0.3) is 10.1 Å². The SMILES string of the molecule is CCCCCCCCC/C=C\CCCCCCCCCC(=O)NC(CS(=O)(=O)O)C(O)CCCCCCCCCCCCCCC. The van der Waals surface area contributed by atoms with Crippen molar-refractivity contribution in [1.82, 2.24) is 5.32 Å². The highest BCUT2D eigenvalue weighted by Crippen LogP contribution is 2.16. The number of hydrogen-bond acceptors (Lipinski definition) is 4. The van der Waals surface area contributed by atoms with Crippen molar-refractivity contribution in [2.45, 2.75) is 225 Å². The monoisotopic (exact) mass is 672 g/mol. The van der Waals surface area contributed by atoms with E-state index in [1.54, 1.807) is 0 Å². The number of carbonyl (C=O) groups excluding carboxylic acids is 1. The minimum Gasteiger partial charge on any atom is -0.391 e. The number of unbranched alkanes of at least 4 members (excludes halogenated alkanes) is 26. The van der Waals surface area contributed by atoms with E-state index in [4.69, 9.17) is 0 Å². The van der Waals surface area contributed by atoms with Crippen molar-refractivity contribution in [3.63, 3.8) is 0 Å². The summed E-state index contributed by atoms with van der Waals surface area (Å²) in [5, 5.41) is 13.3. The second kappa shape index (κ2) is 34.0. The van der Waals surface area contributed by atoms with Gasteiger partial charge in [-0.05, 0) is 38.5 Å². The highest BCUT2D eigenvalue weighted by Gasteiger charge is 2.26. The van der Waals surface area contributed by atoms with Gasteiger partial charge in [-0.2, -0.15) is 8.42 Å². The number of amides is 1. The molecule has 0 saturated heterocycles. The summed E-state index contributed by atoms with van der Waals surface area (Å²) >= 11 is 0. The zero-order valence-electron chi connectivity index (χ0n) is 30.5. The van der Waals surface area contributed by atoms with Gasteiger partial charge in [0.15, 0.2) is 0 Å². The number of rotatable bonds is 36. The second-order valence-corrected chi connectivity index (χ2v) is 15.4. The molecule has 2 unspecified atom stereocenters. The smallest absolute Gasteiger partial charge is 0.266 e. The Kier molecular flexibility index (Phi) is 33.3. The summed E-state index contributed by atoms with van der Waals surface area (Å²) in [4.78, 5) is 12.5. The quantitative estimate of drug-likeness (QED) is 0.0349.